The van der Waals surface area contributed by atoms with Crippen molar-refractivity contribution in [3.63, 3.8) is 0 Å². The highest BCUT2D eigenvalue weighted by molar-refractivity contribution is 7.15. The van der Waals surface area contributed by atoms with Crippen molar-refractivity contribution in [2.24, 2.45) is 5.92 Å². The van der Waals surface area contributed by atoms with Gasteiger partial charge in [-0.15, -0.1) is 11.3 Å². The molecule has 9 heteroatoms. The van der Waals surface area contributed by atoms with E-state index in [4.69, 9.17) is 16.3 Å². The molecule has 2 N–H and O–H groups in total. The van der Waals surface area contributed by atoms with E-state index in [1.54, 1.807) is 0 Å². The summed E-state index contributed by atoms with van der Waals surface area (Å²) >= 11 is 8.00. The molecule has 0 radical (unpaired) electrons. The molecule has 1 atom stereocenters. The van der Waals surface area contributed by atoms with Crippen molar-refractivity contribution >= 4 is 39.8 Å². The minimum atomic E-state index is -0.274. The molecule has 162 valence electrons. The average Bonchev–Trinajstić information content (AvgIpc) is 3.40. The fourth-order valence-electron chi connectivity index (χ4n) is 3.86. The van der Waals surface area contributed by atoms with Crippen molar-refractivity contribution in [3.05, 3.63) is 39.9 Å². The van der Waals surface area contributed by atoms with Gasteiger partial charge in [0.2, 0.25) is 0 Å². The molecule has 0 spiro atoms. The zero-order chi connectivity index (χ0) is 20.9. The Balaban J connectivity index is 1.33. The third-order valence-electron chi connectivity index (χ3n) is 5.65. The fraction of sp³-hybridized carbons (Fsp3) is 0.524. The summed E-state index contributed by atoms with van der Waals surface area (Å²) in [4.78, 5) is 22.6. The van der Waals surface area contributed by atoms with Gasteiger partial charge in [0.05, 0.1) is 0 Å². The van der Waals surface area contributed by atoms with Crippen LogP contribution in [-0.2, 0) is 17.7 Å². The molecule has 2 fully saturated rings. The van der Waals surface area contributed by atoms with Crippen molar-refractivity contribution in [1.29, 1.82) is 0 Å². The minimum Gasteiger partial charge on any atom is -0.381 e. The number of rotatable bonds is 6. The van der Waals surface area contributed by atoms with Crippen LogP contribution >= 0.6 is 22.9 Å². The van der Waals surface area contributed by atoms with Crippen LogP contribution in [0.4, 0.5) is 15.6 Å². The van der Waals surface area contributed by atoms with Crippen LogP contribution in [0.15, 0.2) is 24.4 Å². The van der Waals surface area contributed by atoms with E-state index in [1.165, 1.54) is 16.2 Å². The number of aromatic nitrogens is 1. The van der Waals surface area contributed by atoms with E-state index in [0.717, 1.165) is 63.5 Å². The Labute approximate surface area is 186 Å². The van der Waals surface area contributed by atoms with Gasteiger partial charge in [-0.25, -0.2) is 9.78 Å². The summed E-state index contributed by atoms with van der Waals surface area (Å²) in [5, 5.41) is 7.06. The molecule has 0 bridgehead atoms. The lowest BCUT2D eigenvalue weighted by atomic mass is 10.1. The van der Waals surface area contributed by atoms with Crippen LogP contribution in [0.1, 0.15) is 16.9 Å². The van der Waals surface area contributed by atoms with Gasteiger partial charge in [0.25, 0.3) is 0 Å². The smallest absolute Gasteiger partial charge is 0.321 e. The number of carbonyl (C=O) groups excluding carboxylic acids is 1. The maximum absolute atomic E-state index is 12.4. The van der Waals surface area contributed by atoms with Gasteiger partial charge in [-0.3, -0.25) is 5.32 Å². The highest BCUT2D eigenvalue weighted by Gasteiger charge is 2.20. The second-order valence-electron chi connectivity index (χ2n) is 7.90. The van der Waals surface area contributed by atoms with Gasteiger partial charge in [-0.05, 0) is 37.9 Å². The number of carbonyl (C=O) groups is 1. The molecule has 0 saturated carbocycles. The number of hydrogen-bond donors (Lipinski definition) is 2. The molecule has 2 aromatic rings. The Bertz CT molecular complexity index is 863. The summed E-state index contributed by atoms with van der Waals surface area (Å²) in [6.07, 6.45) is 3.89. The van der Waals surface area contributed by atoms with E-state index in [0.29, 0.717) is 22.6 Å². The van der Waals surface area contributed by atoms with E-state index >= 15 is 0 Å². The Morgan fingerprint density at radius 2 is 2.17 bits per heavy atom. The summed E-state index contributed by atoms with van der Waals surface area (Å²) in [6.45, 7) is 5.95. The number of benzene rings is 1. The summed E-state index contributed by atoms with van der Waals surface area (Å²) < 4.78 is 5.43. The molecule has 3 heterocycles. The fourth-order valence-corrected chi connectivity index (χ4v) is 5.02. The highest BCUT2D eigenvalue weighted by atomic mass is 35.5. The number of amides is 2. The monoisotopic (exact) mass is 449 g/mol. The number of halogens is 1. The SMILES string of the molecule is CN1CCN(c2cccc(Cl)c2CNC(=O)Nc2ncc(CC3CCOC3)s2)CC1. The van der Waals surface area contributed by atoms with E-state index in [2.05, 4.69) is 38.5 Å². The third-order valence-corrected chi connectivity index (χ3v) is 6.94. The average molecular weight is 450 g/mol. The van der Waals surface area contributed by atoms with Gasteiger partial charge in [-0.2, -0.15) is 0 Å². The number of nitrogens with one attached hydrogen (secondary N) is 2. The maximum atomic E-state index is 12.4. The zero-order valence-corrected chi connectivity index (χ0v) is 18.8. The number of ether oxygens (including phenoxy) is 1. The van der Waals surface area contributed by atoms with Crippen molar-refractivity contribution in [2.75, 3.05) is 56.7 Å². The molecule has 1 unspecified atom stereocenters. The highest BCUT2D eigenvalue weighted by Crippen LogP contribution is 2.29. The van der Waals surface area contributed by atoms with Crippen molar-refractivity contribution < 1.29 is 9.53 Å². The first kappa shape index (κ1) is 21.4. The van der Waals surface area contributed by atoms with Crippen LogP contribution < -0.4 is 15.5 Å². The molecular formula is C21H28ClN5O2S. The number of likely N-dealkylation sites (N-methyl/N-ethyl adjacent to an activating group) is 1. The van der Waals surface area contributed by atoms with Crippen LogP contribution in [0.5, 0.6) is 0 Å². The number of piperazine rings is 1. The lowest BCUT2D eigenvalue weighted by molar-refractivity contribution is 0.186. The number of thiazole rings is 1. The molecule has 4 rings (SSSR count). The normalized spacial score (nSPS) is 19.8. The molecule has 1 aromatic heterocycles. The Morgan fingerprint density at radius 1 is 1.33 bits per heavy atom. The van der Waals surface area contributed by atoms with E-state index in [-0.39, 0.29) is 6.03 Å². The van der Waals surface area contributed by atoms with Crippen molar-refractivity contribution in [2.45, 2.75) is 19.4 Å². The zero-order valence-electron chi connectivity index (χ0n) is 17.2. The molecular weight excluding hydrogens is 422 g/mol. The van der Waals surface area contributed by atoms with Crippen LogP contribution in [0.2, 0.25) is 5.02 Å². The Kier molecular flexibility index (Phi) is 7.09. The van der Waals surface area contributed by atoms with E-state index in [9.17, 15) is 4.79 Å². The molecule has 7 nitrogen and oxygen atoms in total. The summed E-state index contributed by atoms with van der Waals surface area (Å²) in [7, 11) is 2.13. The minimum absolute atomic E-state index is 0.274. The van der Waals surface area contributed by atoms with Gasteiger partial charge >= 0.3 is 6.03 Å². The van der Waals surface area contributed by atoms with Crippen LogP contribution in [0.25, 0.3) is 0 Å². The Morgan fingerprint density at radius 3 is 2.93 bits per heavy atom. The second kappa shape index (κ2) is 9.96. The molecule has 2 amide bonds. The lowest BCUT2D eigenvalue weighted by Crippen LogP contribution is -2.45. The standard InChI is InChI=1S/C21H28ClN5O2S/c1-26-6-8-27(9-7-26)19-4-2-3-18(22)17(19)13-23-20(28)25-21-24-12-16(30-21)11-15-5-10-29-14-15/h2-4,12,15H,5-11,13-14H2,1H3,(H2,23,24,25,28). The lowest BCUT2D eigenvalue weighted by Gasteiger charge is -2.35. The number of urea groups is 1. The molecule has 2 aliphatic heterocycles. The van der Waals surface area contributed by atoms with Gasteiger partial charge in [0.1, 0.15) is 0 Å². The number of hydrogen-bond acceptors (Lipinski definition) is 6. The van der Waals surface area contributed by atoms with Crippen molar-refractivity contribution in [3.8, 4) is 0 Å². The first-order chi connectivity index (χ1) is 14.6. The van der Waals surface area contributed by atoms with Crippen LogP contribution in [0.3, 0.4) is 0 Å². The van der Waals surface area contributed by atoms with Gasteiger partial charge in [0.15, 0.2) is 5.13 Å². The van der Waals surface area contributed by atoms with Gasteiger partial charge in [0, 0.05) is 73.3 Å². The number of nitrogens with zero attached hydrogens (tertiary/aromatic N) is 3. The quantitative estimate of drug-likeness (QED) is 0.706. The van der Waals surface area contributed by atoms with Gasteiger partial charge < -0.3 is 19.9 Å². The predicted octanol–water partition coefficient (Wildman–Crippen LogP) is 3.45. The molecule has 2 saturated heterocycles. The topological polar surface area (TPSA) is 69.7 Å². The van der Waals surface area contributed by atoms with Crippen LogP contribution in [-0.4, -0.2) is 62.4 Å². The Hall–Kier alpha value is -1.87. The van der Waals surface area contributed by atoms with E-state index in [1.807, 2.05) is 18.3 Å². The summed E-state index contributed by atoms with van der Waals surface area (Å²) in [6, 6.07) is 5.64. The second-order valence-corrected chi connectivity index (χ2v) is 9.42. The largest absolute Gasteiger partial charge is 0.381 e. The predicted molar refractivity (Wildman–Crippen MR) is 122 cm³/mol. The van der Waals surface area contributed by atoms with Crippen molar-refractivity contribution in [1.82, 2.24) is 15.2 Å². The molecule has 0 aliphatic carbocycles. The van der Waals surface area contributed by atoms with Gasteiger partial charge in [-0.1, -0.05) is 17.7 Å². The van der Waals surface area contributed by atoms with E-state index < -0.39 is 0 Å². The van der Waals surface area contributed by atoms with Crippen LogP contribution in [0, 0.1) is 5.92 Å². The molecule has 30 heavy (non-hydrogen) atoms. The third kappa shape index (κ3) is 5.43. The first-order valence-corrected chi connectivity index (χ1v) is 11.6. The molecule has 2 aliphatic rings. The maximum Gasteiger partial charge on any atom is 0.321 e. The summed E-state index contributed by atoms with van der Waals surface area (Å²) in [5.74, 6) is 0.556. The molecule has 1 aromatic carbocycles. The summed E-state index contributed by atoms with van der Waals surface area (Å²) in [5.41, 5.74) is 2.03. The first-order valence-electron chi connectivity index (χ1n) is 10.4. The number of anilines is 2.